The Bertz CT molecular complexity index is 793. The maximum absolute atomic E-state index is 11.8. The minimum absolute atomic E-state index is 0.0864. The van der Waals surface area contributed by atoms with Crippen molar-refractivity contribution < 1.29 is 9.59 Å². The summed E-state index contributed by atoms with van der Waals surface area (Å²) in [5.74, 6) is 0.616. The lowest BCUT2D eigenvalue weighted by molar-refractivity contribution is -0.120. The minimum Gasteiger partial charge on any atom is -0.356 e. The van der Waals surface area contributed by atoms with Crippen molar-refractivity contribution in [2.45, 2.75) is 12.8 Å². The van der Waals surface area contributed by atoms with Gasteiger partial charge in [-0.3, -0.25) is 9.59 Å². The molecule has 0 saturated heterocycles. The van der Waals surface area contributed by atoms with Gasteiger partial charge in [0.2, 0.25) is 5.91 Å². The van der Waals surface area contributed by atoms with E-state index in [0.29, 0.717) is 25.1 Å². The molecular weight excluding hydrogens is 324 g/mol. The topological polar surface area (TPSA) is 86.9 Å². The third-order valence-electron chi connectivity index (χ3n) is 3.54. The molecule has 0 aliphatic heterocycles. The molecule has 3 rings (SSSR count). The van der Waals surface area contributed by atoms with Crippen molar-refractivity contribution >= 4 is 34.2 Å². The molecule has 2 amide bonds. The number of hydrogen-bond donors (Lipinski definition) is 3. The number of amides is 2. The first-order valence-corrected chi connectivity index (χ1v) is 8.67. The summed E-state index contributed by atoms with van der Waals surface area (Å²) in [6, 6.07) is 9.58. The van der Waals surface area contributed by atoms with Gasteiger partial charge in [0, 0.05) is 36.9 Å². The second-order valence-corrected chi connectivity index (χ2v) is 6.10. The molecule has 0 atom stereocenters. The van der Waals surface area contributed by atoms with Crippen LogP contribution in [0.1, 0.15) is 22.6 Å². The molecule has 3 N–H and O–H groups in total. The number of nitrogens with one attached hydrogen (secondary N) is 3. The molecule has 2 aromatic heterocycles. The quantitative estimate of drug-likeness (QED) is 0.614. The Kier molecular flexibility index (Phi) is 5.22. The first-order chi connectivity index (χ1) is 11.7. The molecule has 0 aliphatic carbocycles. The fraction of sp³-hybridized carbons (Fsp3) is 0.235. The van der Waals surface area contributed by atoms with Gasteiger partial charge in [-0.25, -0.2) is 4.98 Å². The zero-order valence-corrected chi connectivity index (χ0v) is 13.9. The number of imidazole rings is 1. The second-order valence-electron chi connectivity index (χ2n) is 5.32. The summed E-state index contributed by atoms with van der Waals surface area (Å²) in [6.45, 7) is 0.836. The summed E-state index contributed by atoms with van der Waals surface area (Å²) in [5, 5.41) is 9.19. The average molecular weight is 342 g/mol. The molecule has 0 unspecified atom stereocenters. The highest BCUT2D eigenvalue weighted by molar-refractivity contribution is 7.08. The summed E-state index contributed by atoms with van der Waals surface area (Å²) in [5.41, 5.74) is 2.55. The molecule has 0 aliphatic rings. The van der Waals surface area contributed by atoms with Crippen LogP contribution in [0.15, 0.2) is 41.1 Å². The van der Waals surface area contributed by atoms with Crippen molar-refractivity contribution in [2.24, 2.45) is 0 Å². The number of aromatic nitrogens is 2. The molecule has 3 aromatic rings. The van der Waals surface area contributed by atoms with Gasteiger partial charge in [-0.05, 0) is 23.6 Å². The number of carbonyl (C=O) groups is 2. The second kappa shape index (κ2) is 7.74. The molecule has 1 aromatic carbocycles. The first-order valence-electron chi connectivity index (χ1n) is 7.73. The van der Waals surface area contributed by atoms with Gasteiger partial charge in [0.25, 0.3) is 5.91 Å². The van der Waals surface area contributed by atoms with E-state index in [-0.39, 0.29) is 18.2 Å². The number of H-pyrrole nitrogens is 1. The number of fused-ring (bicyclic) bond motifs is 1. The van der Waals surface area contributed by atoms with E-state index < -0.39 is 0 Å². The lowest BCUT2D eigenvalue weighted by atomic mass is 10.3. The van der Waals surface area contributed by atoms with E-state index >= 15 is 0 Å². The van der Waals surface area contributed by atoms with Crippen LogP contribution in [0.4, 0.5) is 0 Å². The fourth-order valence-electron chi connectivity index (χ4n) is 2.32. The van der Waals surface area contributed by atoms with Crippen LogP contribution in [-0.2, 0) is 11.2 Å². The van der Waals surface area contributed by atoms with E-state index in [1.807, 2.05) is 29.6 Å². The number of aromatic amines is 1. The smallest absolute Gasteiger partial charge is 0.252 e. The molecule has 7 heteroatoms. The third kappa shape index (κ3) is 4.20. The van der Waals surface area contributed by atoms with Crippen LogP contribution in [0.3, 0.4) is 0 Å². The van der Waals surface area contributed by atoms with Crippen LogP contribution in [0.25, 0.3) is 11.0 Å². The SMILES string of the molecule is O=C(CCNC(=O)c1ccsc1)NCCc1nc2ccccc2[nH]1. The van der Waals surface area contributed by atoms with Gasteiger partial charge in [-0.2, -0.15) is 11.3 Å². The van der Waals surface area contributed by atoms with Crippen LogP contribution in [-0.4, -0.2) is 34.9 Å². The predicted molar refractivity (Wildman–Crippen MR) is 94.1 cm³/mol. The number of benzene rings is 1. The molecule has 2 heterocycles. The van der Waals surface area contributed by atoms with Crippen molar-refractivity contribution in [2.75, 3.05) is 13.1 Å². The van der Waals surface area contributed by atoms with Gasteiger partial charge in [0.05, 0.1) is 11.0 Å². The molecular formula is C17H18N4O2S. The van der Waals surface area contributed by atoms with Crippen molar-refractivity contribution in [1.82, 2.24) is 20.6 Å². The van der Waals surface area contributed by atoms with E-state index in [9.17, 15) is 9.59 Å². The fourth-order valence-corrected chi connectivity index (χ4v) is 2.95. The van der Waals surface area contributed by atoms with Crippen molar-refractivity contribution in [3.63, 3.8) is 0 Å². The van der Waals surface area contributed by atoms with Gasteiger partial charge in [-0.15, -0.1) is 0 Å². The summed E-state index contributed by atoms with van der Waals surface area (Å²) in [7, 11) is 0. The normalized spacial score (nSPS) is 10.7. The highest BCUT2D eigenvalue weighted by Gasteiger charge is 2.07. The summed E-state index contributed by atoms with van der Waals surface area (Å²) in [6.07, 6.45) is 0.900. The Morgan fingerprint density at radius 2 is 2.00 bits per heavy atom. The minimum atomic E-state index is -0.147. The number of nitrogens with zero attached hydrogens (tertiary/aromatic N) is 1. The average Bonchev–Trinajstić information content (AvgIpc) is 3.24. The Labute approximate surface area is 143 Å². The molecule has 6 nitrogen and oxygen atoms in total. The Balaban J connectivity index is 1.36. The van der Waals surface area contributed by atoms with Crippen LogP contribution in [0, 0.1) is 0 Å². The largest absolute Gasteiger partial charge is 0.356 e. The van der Waals surface area contributed by atoms with E-state index in [4.69, 9.17) is 0 Å². The first kappa shape index (κ1) is 16.2. The van der Waals surface area contributed by atoms with Gasteiger partial charge in [0.1, 0.15) is 5.82 Å². The van der Waals surface area contributed by atoms with Crippen LogP contribution >= 0.6 is 11.3 Å². The maximum Gasteiger partial charge on any atom is 0.252 e. The number of rotatable bonds is 7. The number of hydrogen-bond acceptors (Lipinski definition) is 4. The summed E-state index contributed by atoms with van der Waals surface area (Å²) >= 11 is 1.47. The molecule has 0 radical (unpaired) electrons. The summed E-state index contributed by atoms with van der Waals surface area (Å²) in [4.78, 5) is 31.2. The molecule has 0 bridgehead atoms. The van der Waals surface area contributed by atoms with Gasteiger partial charge < -0.3 is 15.6 Å². The van der Waals surface area contributed by atoms with Crippen LogP contribution in [0.2, 0.25) is 0 Å². The standard InChI is InChI=1S/C17H18N4O2S/c22-16(6-9-19-17(23)12-7-10-24-11-12)18-8-5-15-20-13-3-1-2-4-14(13)21-15/h1-4,7,10-11H,5-6,8-9H2,(H,18,22)(H,19,23)(H,20,21). The number of para-hydroxylation sites is 2. The lowest BCUT2D eigenvalue weighted by Gasteiger charge is -2.05. The zero-order valence-electron chi connectivity index (χ0n) is 13.0. The Morgan fingerprint density at radius 1 is 1.12 bits per heavy atom. The lowest BCUT2D eigenvalue weighted by Crippen LogP contribution is -2.31. The van der Waals surface area contributed by atoms with Crippen molar-refractivity contribution in [1.29, 1.82) is 0 Å². The van der Waals surface area contributed by atoms with Crippen LogP contribution < -0.4 is 10.6 Å². The van der Waals surface area contributed by atoms with E-state index in [1.165, 1.54) is 11.3 Å². The monoisotopic (exact) mass is 342 g/mol. The maximum atomic E-state index is 11.8. The van der Waals surface area contributed by atoms with E-state index in [0.717, 1.165) is 16.9 Å². The molecule has 24 heavy (non-hydrogen) atoms. The highest BCUT2D eigenvalue weighted by atomic mass is 32.1. The van der Waals surface area contributed by atoms with E-state index in [2.05, 4.69) is 20.6 Å². The van der Waals surface area contributed by atoms with Gasteiger partial charge in [0.15, 0.2) is 0 Å². The van der Waals surface area contributed by atoms with Gasteiger partial charge in [-0.1, -0.05) is 12.1 Å². The van der Waals surface area contributed by atoms with Gasteiger partial charge >= 0.3 is 0 Å². The Hall–Kier alpha value is -2.67. The van der Waals surface area contributed by atoms with Crippen LogP contribution in [0.5, 0.6) is 0 Å². The third-order valence-corrected chi connectivity index (χ3v) is 4.23. The zero-order chi connectivity index (χ0) is 16.8. The molecule has 124 valence electrons. The van der Waals surface area contributed by atoms with E-state index in [1.54, 1.807) is 11.4 Å². The molecule has 0 saturated carbocycles. The predicted octanol–water partition coefficient (Wildman–Crippen LogP) is 2.10. The Morgan fingerprint density at radius 3 is 2.79 bits per heavy atom. The highest BCUT2D eigenvalue weighted by Crippen LogP contribution is 2.10. The molecule has 0 fully saturated rings. The van der Waals surface area contributed by atoms with Crippen molar-refractivity contribution in [3.05, 3.63) is 52.5 Å². The number of carbonyl (C=O) groups excluding carboxylic acids is 2. The summed E-state index contributed by atoms with van der Waals surface area (Å²) < 4.78 is 0. The molecule has 0 spiro atoms. The van der Waals surface area contributed by atoms with Crippen molar-refractivity contribution in [3.8, 4) is 0 Å². The number of thiophene rings is 1.